The van der Waals surface area contributed by atoms with Crippen LogP contribution in [0.25, 0.3) is 0 Å². The van der Waals surface area contributed by atoms with E-state index in [4.69, 9.17) is 5.11 Å². The second-order valence-electron chi connectivity index (χ2n) is 6.44. The van der Waals surface area contributed by atoms with Crippen molar-refractivity contribution in [3.05, 3.63) is 0 Å². The predicted octanol–water partition coefficient (Wildman–Crippen LogP) is 2.46. The lowest BCUT2D eigenvalue weighted by atomic mass is 9.78. The van der Waals surface area contributed by atoms with Gasteiger partial charge in [0.25, 0.3) is 0 Å². The summed E-state index contributed by atoms with van der Waals surface area (Å²) in [6.45, 7) is 4.96. The number of carbonyl (C=O) groups is 2. The lowest BCUT2D eigenvalue weighted by molar-refractivity contribution is -0.141. The van der Waals surface area contributed by atoms with E-state index in [2.05, 4.69) is 19.2 Å². The van der Waals surface area contributed by atoms with Crippen LogP contribution < -0.4 is 5.32 Å². The summed E-state index contributed by atoms with van der Waals surface area (Å²) in [7, 11) is 0. The van der Waals surface area contributed by atoms with Gasteiger partial charge in [-0.3, -0.25) is 0 Å². The third-order valence-electron chi connectivity index (χ3n) is 4.78. The highest BCUT2D eigenvalue weighted by Gasteiger charge is 2.36. The summed E-state index contributed by atoms with van der Waals surface area (Å²) in [5, 5.41) is 12.3. The monoisotopic (exact) mass is 282 g/mol. The number of nitrogens with one attached hydrogen (secondary N) is 1. The van der Waals surface area contributed by atoms with Gasteiger partial charge in [-0.05, 0) is 37.5 Å². The van der Waals surface area contributed by atoms with Crippen LogP contribution >= 0.6 is 0 Å². The molecule has 0 radical (unpaired) electrons. The van der Waals surface area contributed by atoms with E-state index in [0.717, 1.165) is 25.7 Å². The summed E-state index contributed by atoms with van der Waals surface area (Å²) in [5.74, 6) is 0.176. The van der Waals surface area contributed by atoms with Gasteiger partial charge in [0.1, 0.15) is 6.04 Å². The molecule has 20 heavy (non-hydrogen) atoms. The molecule has 1 heterocycles. The summed E-state index contributed by atoms with van der Waals surface area (Å²) in [4.78, 5) is 25.0. The number of carbonyl (C=O) groups excluding carboxylic acids is 1. The Balaban J connectivity index is 1.97. The number of amides is 2. The average molecular weight is 282 g/mol. The van der Waals surface area contributed by atoms with Crippen LogP contribution in [0.15, 0.2) is 0 Å². The quantitative estimate of drug-likeness (QED) is 0.835. The fourth-order valence-electron chi connectivity index (χ4n) is 3.64. The van der Waals surface area contributed by atoms with E-state index in [0.29, 0.717) is 24.8 Å². The fourth-order valence-corrected chi connectivity index (χ4v) is 3.64. The maximum Gasteiger partial charge on any atom is 0.326 e. The summed E-state index contributed by atoms with van der Waals surface area (Å²) in [6.07, 6.45) is 5.90. The Morgan fingerprint density at radius 1 is 1.15 bits per heavy atom. The number of likely N-dealkylation sites (tertiary alicyclic amines) is 1. The predicted molar refractivity (Wildman–Crippen MR) is 76.5 cm³/mol. The topological polar surface area (TPSA) is 69.6 Å². The highest BCUT2D eigenvalue weighted by Crippen LogP contribution is 2.30. The molecule has 2 fully saturated rings. The molecule has 3 atom stereocenters. The molecule has 0 aromatic heterocycles. The molecule has 1 aliphatic carbocycles. The standard InChI is InChI=1S/C15H26N2O3/c1-10(2)11-6-3-4-7-12(11)16-15(20)17-9-5-8-13(17)14(18)19/h10-13H,3-9H2,1-2H3,(H,16,20)(H,18,19)/t11?,12?,13-/m1/s1. The Kier molecular flexibility index (Phi) is 4.89. The number of aliphatic carboxylic acids is 1. The molecule has 1 aliphatic heterocycles. The maximum atomic E-state index is 12.3. The maximum absolute atomic E-state index is 12.3. The van der Waals surface area contributed by atoms with E-state index >= 15 is 0 Å². The average Bonchev–Trinajstić information content (AvgIpc) is 2.88. The van der Waals surface area contributed by atoms with Crippen LogP contribution in [0.2, 0.25) is 0 Å². The molecule has 1 saturated carbocycles. The molecule has 2 aliphatic rings. The molecule has 2 rings (SSSR count). The van der Waals surface area contributed by atoms with Crippen LogP contribution in [0.3, 0.4) is 0 Å². The normalized spacial score (nSPS) is 30.6. The summed E-state index contributed by atoms with van der Waals surface area (Å²) in [6, 6.07) is -0.630. The van der Waals surface area contributed by atoms with E-state index in [1.165, 1.54) is 11.3 Å². The first-order valence-corrected chi connectivity index (χ1v) is 7.80. The van der Waals surface area contributed by atoms with Crippen LogP contribution in [0, 0.1) is 11.8 Å². The number of carboxylic acids is 1. The van der Waals surface area contributed by atoms with Crippen LogP contribution in [0.1, 0.15) is 52.4 Å². The van der Waals surface area contributed by atoms with E-state index < -0.39 is 12.0 Å². The van der Waals surface area contributed by atoms with Crippen LogP contribution in [-0.2, 0) is 4.79 Å². The van der Waals surface area contributed by atoms with Gasteiger partial charge in [0.15, 0.2) is 0 Å². The molecule has 2 amide bonds. The third kappa shape index (κ3) is 3.25. The Morgan fingerprint density at radius 3 is 2.50 bits per heavy atom. The highest BCUT2D eigenvalue weighted by atomic mass is 16.4. The van der Waals surface area contributed by atoms with E-state index in [-0.39, 0.29) is 12.1 Å². The van der Waals surface area contributed by atoms with Crippen molar-refractivity contribution in [3.8, 4) is 0 Å². The summed E-state index contributed by atoms with van der Waals surface area (Å²) < 4.78 is 0. The van der Waals surface area contributed by atoms with Crippen molar-refractivity contribution < 1.29 is 14.7 Å². The molecule has 1 saturated heterocycles. The Labute approximate surface area is 120 Å². The van der Waals surface area contributed by atoms with Crippen LogP contribution in [-0.4, -0.2) is 40.6 Å². The zero-order valence-corrected chi connectivity index (χ0v) is 12.5. The molecule has 2 N–H and O–H groups in total. The molecule has 5 heteroatoms. The van der Waals surface area contributed by atoms with Crippen molar-refractivity contribution in [3.63, 3.8) is 0 Å². The first-order valence-electron chi connectivity index (χ1n) is 7.80. The van der Waals surface area contributed by atoms with Crippen LogP contribution in [0.4, 0.5) is 4.79 Å². The number of hydrogen-bond acceptors (Lipinski definition) is 2. The minimum absolute atomic E-state index is 0.188. The molecule has 114 valence electrons. The van der Waals surface area contributed by atoms with Gasteiger partial charge >= 0.3 is 12.0 Å². The highest BCUT2D eigenvalue weighted by molar-refractivity contribution is 5.83. The minimum Gasteiger partial charge on any atom is -0.480 e. The molecular formula is C15H26N2O3. The van der Waals surface area contributed by atoms with Crippen molar-refractivity contribution in [1.82, 2.24) is 10.2 Å². The summed E-state index contributed by atoms with van der Waals surface area (Å²) in [5.41, 5.74) is 0. The van der Waals surface area contributed by atoms with Gasteiger partial charge in [0.05, 0.1) is 0 Å². The first kappa shape index (κ1) is 15.1. The number of urea groups is 1. The second kappa shape index (κ2) is 6.46. The largest absolute Gasteiger partial charge is 0.480 e. The Morgan fingerprint density at radius 2 is 1.85 bits per heavy atom. The van der Waals surface area contributed by atoms with Crippen molar-refractivity contribution >= 4 is 12.0 Å². The number of nitrogens with zero attached hydrogens (tertiary/aromatic N) is 1. The molecule has 2 unspecified atom stereocenters. The zero-order valence-electron chi connectivity index (χ0n) is 12.5. The van der Waals surface area contributed by atoms with E-state index in [1.807, 2.05) is 0 Å². The fraction of sp³-hybridized carbons (Fsp3) is 0.867. The van der Waals surface area contributed by atoms with Crippen LogP contribution in [0.5, 0.6) is 0 Å². The van der Waals surface area contributed by atoms with Gasteiger partial charge in [-0.25, -0.2) is 9.59 Å². The minimum atomic E-state index is -0.887. The molecule has 0 spiro atoms. The molecule has 0 aromatic carbocycles. The number of rotatable bonds is 3. The SMILES string of the molecule is CC(C)C1CCCCC1NC(=O)N1CCC[C@@H]1C(=O)O. The first-order chi connectivity index (χ1) is 9.50. The van der Waals surface area contributed by atoms with Gasteiger partial charge in [0.2, 0.25) is 0 Å². The lowest BCUT2D eigenvalue weighted by Gasteiger charge is -2.36. The Hall–Kier alpha value is -1.26. The Bertz CT molecular complexity index is 370. The van der Waals surface area contributed by atoms with Crippen molar-refractivity contribution in [2.24, 2.45) is 11.8 Å². The molecule has 0 aromatic rings. The van der Waals surface area contributed by atoms with Crippen molar-refractivity contribution in [2.75, 3.05) is 6.54 Å². The molecule has 5 nitrogen and oxygen atoms in total. The lowest BCUT2D eigenvalue weighted by Crippen LogP contribution is -2.52. The number of carboxylic acid groups (broad SMARTS) is 1. The van der Waals surface area contributed by atoms with Gasteiger partial charge in [-0.1, -0.05) is 26.7 Å². The number of hydrogen-bond donors (Lipinski definition) is 2. The molecule has 0 bridgehead atoms. The van der Waals surface area contributed by atoms with Gasteiger partial charge < -0.3 is 15.3 Å². The van der Waals surface area contributed by atoms with Crippen molar-refractivity contribution in [2.45, 2.75) is 64.5 Å². The summed E-state index contributed by atoms with van der Waals surface area (Å²) >= 11 is 0. The molecular weight excluding hydrogens is 256 g/mol. The zero-order chi connectivity index (χ0) is 14.7. The van der Waals surface area contributed by atoms with E-state index in [9.17, 15) is 9.59 Å². The van der Waals surface area contributed by atoms with Gasteiger partial charge in [-0.15, -0.1) is 0 Å². The smallest absolute Gasteiger partial charge is 0.326 e. The third-order valence-corrected chi connectivity index (χ3v) is 4.78. The van der Waals surface area contributed by atoms with Gasteiger partial charge in [0, 0.05) is 12.6 Å². The van der Waals surface area contributed by atoms with Gasteiger partial charge in [-0.2, -0.15) is 0 Å². The van der Waals surface area contributed by atoms with Crippen molar-refractivity contribution in [1.29, 1.82) is 0 Å². The van der Waals surface area contributed by atoms with E-state index in [1.54, 1.807) is 0 Å². The second-order valence-corrected chi connectivity index (χ2v) is 6.44.